The maximum atomic E-state index is 13.6. The largest absolute Gasteiger partial charge is 0.356 e. The minimum absolute atomic E-state index is 0.137. The topological polar surface area (TPSA) is 99.8 Å². The number of fused-ring (bicyclic) bond motifs is 3. The van der Waals surface area contributed by atoms with Crippen LogP contribution in [0.15, 0.2) is 36.8 Å². The molecule has 0 bridgehead atoms. The molecule has 0 radical (unpaired) electrons. The van der Waals surface area contributed by atoms with Gasteiger partial charge in [-0.2, -0.15) is 0 Å². The van der Waals surface area contributed by atoms with E-state index in [1.54, 1.807) is 6.07 Å². The number of nitrogens with zero attached hydrogens (tertiary/aromatic N) is 2. The highest BCUT2D eigenvalue weighted by Gasteiger charge is 2.25. The van der Waals surface area contributed by atoms with Gasteiger partial charge in [0.1, 0.15) is 11.5 Å². The minimum atomic E-state index is -0.363. The molecule has 0 spiro atoms. The summed E-state index contributed by atoms with van der Waals surface area (Å²) in [6.45, 7) is 0.207. The summed E-state index contributed by atoms with van der Waals surface area (Å²) < 4.78 is 13.6. The van der Waals surface area contributed by atoms with Gasteiger partial charge < -0.3 is 15.6 Å². The van der Waals surface area contributed by atoms with Gasteiger partial charge in [0.25, 0.3) is 5.91 Å². The second kappa shape index (κ2) is 7.75. The maximum Gasteiger partial charge on any atom is 0.271 e. The molecule has 7 nitrogen and oxygen atoms in total. The number of hydrogen-bond donors (Lipinski definition) is 3. The summed E-state index contributed by atoms with van der Waals surface area (Å²) in [4.78, 5) is 35.4. The van der Waals surface area contributed by atoms with Gasteiger partial charge in [-0.3, -0.25) is 14.6 Å². The monoisotopic (exact) mass is 381 g/mol. The van der Waals surface area contributed by atoms with Crippen LogP contribution in [0.2, 0.25) is 0 Å². The molecule has 1 aliphatic carbocycles. The van der Waals surface area contributed by atoms with Crippen molar-refractivity contribution < 1.29 is 14.0 Å². The van der Waals surface area contributed by atoms with Gasteiger partial charge in [-0.1, -0.05) is 0 Å². The lowest BCUT2D eigenvalue weighted by Gasteiger charge is -2.24. The van der Waals surface area contributed by atoms with Gasteiger partial charge in [0.15, 0.2) is 0 Å². The van der Waals surface area contributed by atoms with E-state index in [9.17, 15) is 14.0 Å². The Kier molecular flexibility index (Phi) is 5.01. The highest BCUT2D eigenvalue weighted by Crippen LogP contribution is 2.35. The van der Waals surface area contributed by atoms with E-state index < -0.39 is 0 Å². The molecule has 3 N–H and O–H groups in total. The highest BCUT2D eigenvalue weighted by atomic mass is 19.1. The van der Waals surface area contributed by atoms with E-state index in [1.807, 2.05) is 0 Å². The fourth-order valence-corrected chi connectivity index (χ4v) is 3.64. The molecule has 4 rings (SSSR count). The number of nitrogens with one attached hydrogen (secondary N) is 3. The maximum absolute atomic E-state index is 13.6. The first-order valence-electron chi connectivity index (χ1n) is 9.25. The third kappa shape index (κ3) is 3.71. The molecule has 0 unspecified atom stereocenters. The molecule has 0 fully saturated rings. The number of amides is 2. The second-order valence-electron chi connectivity index (χ2n) is 6.82. The molecular weight excluding hydrogens is 361 g/mol. The number of H-pyrrole nitrogens is 1. The van der Waals surface area contributed by atoms with E-state index in [-0.39, 0.29) is 42.3 Å². The van der Waals surface area contributed by atoms with Gasteiger partial charge in [-0.25, -0.2) is 9.37 Å². The molecule has 1 aliphatic rings. The number of benzene rings is 1. The number of aromatic amines is 1. The number of carbonyl (C=O) groups is 2. The van der Waals surface area contributed by atoms with Crippen molar-refractivity contribution in [2.24, 2.45) is 0 Å². The molecule has 2 amide bonds. The average molecular weight is 381 g/mol. The van der Waals surface area contributed by atoms with Gasteiger partial charge in [-0.05, 0) is 43.0 Å². The third-order valence-electron chi connectivity index (χ3n) is 4.94. The Balaban J connectivity index is 1.37. The number of rotatable bonds is 5. The normalized spacial score (nSPS) is 15.8. The van der Waals surface area contributed by atoms with Crippen molar-refractivity contribution in [1.29, 1.82) is 0 Å². The Hall–Kier alpha value is -3.29. The fraction of sp³-hybridized carbons (Fsp3) is 0.300. The third-order valence-corrected chi connectivity index (χ3v) is 4.94. The molecule has 0 aliphatic heterocycles. The molecule has 0 saturated heterocycles. The van der Waals surface area contributed by atoms with Crippen molar-refractivity contribution >= 4 is 22.7 Å². The van der Waals surface area contributed by atoms with Crippen molar-refractivity contribution in [3.8, 4) is 0 Å². The van der Waals surface area contributed by atoms with Gasteiger partial charge in [0, 0.05) is 42.0 Å². The zero-order valence-electron chi connectivity index (χ0n) is 15.2. The van der Waals surface area contributed by atoms with Gasteiger partial charge >= 0.3 is 0 Å². The van der Waals surface area contributed by atoms with Crippen molar-refractivity contribution in [3.63, 3.8) is 0 Å². The number of carbonyl (C=O) groups excluding carboxylic acids is 2. The van der Waals surface area contributed by atoms with Crippen LogP contribution in [0.25, 0.3) is 10.9 Å². The quantitative estimate of drug-likeness (QED) is 0.632. The fourth-order valence-electron chi connectivity index (χ4n) is 3.64. The average Bonchev–Trinajstić information content (AvgIpc) is 3.07. The summed E-state index contributed by atoms with van der Waals surface area (Å²) in [5.41, 5.74) is 3.11. The standard InChI is InChI=1S/C20H20FN5O2/c21-12-4-5-15-14(10-12)13-2-1-3-16(19(13)26-15)25-18(27)6-7-24-20(28)17-11-22-8-9-23-17/h4-5,8-11,16,26H,1-3,6-7H2,(H,24,28)(H,25,27)/t16-/m0/s1. The smallest absolute Gasteiger partial charge is 0.271 e. The van der Waals surface area contributed by atoms with Crippen LogP contribution < -0.4 is 10.6 Å². The van der Waals surface area contributed by atoms with E-state index in [2.05, 4.69) is 25.6 Å². The molecule has 2 aromatic heterocycles. The minimum Gasteiger partial charge on any atom is -0.356 e. The summed E-state index contributed by atoms with van der Waals surface area (Å²) in [7, 11) is 0. The first-order chi connectivity index (χ1) is 13.6. The Morgan fingerprint density at radius 3 is 3.00 bits per heavy atom. The SMILES string of the molecule is O=C(CCNC(=O)c1cnccn1)N[C@H]1CCCc2c1[nH]c1ccc(F)cc21. The van der Waals surface area contributed by atoms with E-state index in [4.69, 9.17) is 0 Å². The Bertz CT molecular complexity index is 1020. The summed E-state index contributed by atoms with van der Waals surface area (Å²) in [5, 5.41) is 6.56. The lowest BCUT2D eigenvalue weighted by atomic mass is 9.91. The summed E-state index contributed by atoms with van der Waals surface area (Å²) in [6.07, 6.45) is 7.06. The lowest BCUT2D eigenvalue weighted by molar-refractivity contribution is -0.121. The molecule has 3 aromatic rings. The predicted molar refractivity (Wildman–Crippen MR) is 101 cm³/mol. The number of aromatic nitrogens is 3. The van der Waals surface area contributed by atoms with Crippen molar-refractivity contribution in [1.82, 2.24) is 25.6 Å². The molecular formula is C20H20FN5O2. The van der Waals surface area contributed by atoms with Crippen LogP contribution in [0.3, 0.4) is 0 Å². The Morgan fingerprint density at radius 2 is 2.18 bits per heavy atom. The molecule has 2 heterocycles. The number of hydrogen-bond acceptors (Lipinski definition) is 4. The number of halogens is 1. The van der Waals surface area contributed by atoms with E-state index in [0.29, 0.717) is 0 Å². The van der Waals surface area contributed by atoms with E-state index in [1.165, 1.54) is 30.7 Å². The van der Waals surface area contributed by atoms with Gasteiger partial charge in [0.05, 0.1) is 12.2 Å². The van der Waals surface area contributed by atoms with Crippen LogP contribution in [-0.2, 0) is 11.2 Å². The summed E-state index contributed by atoms with van der Waals surface area (Å²) >= 11 is 0. The van der Waals surface area contributed by atoms with Gasteiger partial charge in [0.2, 0.25) is 5.91 Å². The van der Waals surface area contributed by atoms with Crippen molar-refractivity contribution in [2.75, 3.05) is 6.54 Å². The summed E-state index contributed by atoms with van der Waals surface area (Å²) in [6, 6.07) is 4.56. The molecule has 28 heavy (non-hydrogen) atoms. The molecule has 1 atom stereocenters. The van der Waals surface area contributed by atoms with Crippen LogP contribution in [0, 0.1) is 5.82 Å². The van der Waals surface area contributed by atoms with E-state index >= 15 is 0 Å². The molecule has 8 heteroatoms. The van der Waals surface area contributed by atoms with Gasteiger partial charge in [-0.15, -0.1) is 0 Å². The van der Waals surface area contributed by atoms with Crippen LogP contribution in [0.1, 0.15) is 47.1 Å². The molecule has 144 valence electrons. The second-order valence-corrected chi connectivity index (χ2v) is 6.82. The highest BCUT2D eigenvalue weighted by molar-refractivity contribution is 5.92. The lowest BCUT2D eigenvalue weighted by Crippen LogP contribution is -2.34. The number of aryl methyl sites for hydroxylation is 1. The van der Waals surface area contributed by atoms with Crippen LogP contribution in [0.5, 0.6) is 0 Å². The van der Waals surface area contributed by atoms with Crippen molar-refractivity contribution in [3.05, 3.63) is 59.6 Å². The Morgan fingerprint density at radius 1 is 1.29 bits per heavy atom. The van der Waals surface area contributed by atoms with Crippen LogP contribution in [0.4, 0.5) is 4.39 Å². The predicted octanol–water partition coefficient (Wildman–Crippen LogP) is 2.41. The Labute approximate surface area is 160 Å². The zero-order chi connectivity index (χ0) is 19.5. The van der Waals surface area contributed by atoms with Crippen LogP contribution in [-0.4, -0.2) is 33.3 Å². The van der Waals surface area contributed by atoms with E-state index in [0.717, 1.165) is 41.4 Å². The summed E-state index contributed by atoms with van der Waals surface area (Å²) in [5.74, 6) is -0.778. The zero-order valence-corrected chi connectivity index (χ0v) is 15.2. The first-order valence-corrected chi connectivity index (χ1v) is 9.25. The molecule has 1 aromatic carbocycles. The van der Waals surface area contributed by atoms with Crippen molar-refractivity contribution in [2.45, 2.75) is 31.7 Å². The molecule has 0 saturated carbocycles. The first kappa shape index (κ1) is 18.1. The van der Waals surface area contributed by atoms with Crippen LogP contribution >= 0.6 is 0 Å².